The van der Waals surface area contributed by atoms with Gasteiger partial charge < -0.3 is 10.3 Å². The van der Waals surface area contributed by atoms with Gasteiger partial charge in [-0.05, 0) is 69.1 Å². The summed E-state index contributed by atoms with van der Waals surface area (Å²) in [5, 5.41) is 4.50. The Morgan fingerprint density at radius 1 is 1.06 bits per heavy atom. The van der Waals surface area contributed by atoms with Crippen LogP contribution in [0.2, 0.25) is 0 Å². The molecule has 3 aliphatic rings. The number of para-hydroxylation sites is 1. The normalized spacial score (nSPS) is 36.3. The van der Waals surface area contributed by atoms with Crippen LogP contribution in [0.4, 0.5) is 0 Å². The van der Waals surface area contributed by atoms with E-state index < -0.39 is 5.41 Å². The first-order valence-electron chi connectivity index (χ1n) is 13.4. The van der Waals surface area contributed by atoms with E-state index >= 15 is 0 Å². The molecule has 0 bridgehead atoms. The lowest BCUT2D eigenvalue weighted by Crippen LogP contribution is -2.51. The van der Waals surface area contributed by atoms with Crippen LogP contribution in [0.25, 0.3) is 10.9 Å². The number of allylic oxidation sites excluding steroid dienone is 8. The minimum atomic E-state index is -1.11. The molecule has 5 rings (SSSR count). The molecule has 4 heteroatoms. The molecule has 1 fully saturated rings. The van der Waals surface area contributed by atoms with Gasteiger partial charge in [-0.1, -0.05) is 73.6 Å². The number of benzene rings is 1. The molecule has 0 saturated carbocycles. The van der Waals surface area contributed by atoms with Crippen LogP contribution in [0.3, 0.4) is 0 Å². The van der Waals surface area contributed by atoms with Crippen molar-refractivity contribution in [1.82, 2.24) is 10.3 Å². The number of rotatable bonds is 2. The van der Waals surface area contributed by atoms with Crippen LogP contribution >= 0.6 is 0 Å². The number of fused-ring (bicyclic) bond motifs is 1. The third kappa shape index (κ3) is 4.11. The monoisotopic (exact) mass is 482 g/mol. The van der Waals surface area contributed by atoms with Gasteiger partial charge in [0.05, 0.1) is 0 Å². The summed E-state index contributed by atoms with van der Waals surface area (Å²) < 4.78 is 0. The zero-order valence-electron chi connectivity index (χ0n) is 21.9. The van der Waals surface area contributed by atoms with Crippen LogP contribution < -0.4 is 5.32 Å². The second kappa shape index (κ2) is 9.72. The predicted molar refractivity (Wildman–Crippen MR) is 146 cm³/mol. The van der Waals surface area contributed by atoms with Crippen molar-refractivity contribution in [3.05, 3.63) is 83.6 Å². The predicted octanol–water partition coefficient (Wildman–Crippen LogP) is 6.47. The van der Waals surface area contributed by atoms with Crippen molar-refractivity contribution in [1.29, 1.82) is 0 Å². The second-order valence-electron chi connectivity index (χ2n) is 11.2. The SMILES string of the molecule is CC1=C[C@@H]2/C=C\C[C@H](C)/C=C(/C)CC/C=C\C(=O)[C@@]23C(=O)N[C@@H](Cc2c[nH]c4ccccc24)[C@@H]3[C@@H]1C. The molecule has 1 aromatic carbocycles. The lowest BCUT2D eigenvalue weighted by Gasteiger charge is -2.44. The summed E-state index contributed by atoms with van der Waals surface area (Å²) in [6.45, 7) is 8.74. The molecule has 0 radical (unpaired) electrons. The van der Waals surface area contributed by atoms with Gasteiger partial charge in [0.1, 0.15) is 5.41 Å². The quantitative estimate of drug-likeness (QED) is 0.381. The number of aromatic nitrogens is 1. The summed E-state index contributed by atoms with van der Waals surface area (Å²) in [4.78, 5) is 31.4. The molecule has 188 valence electrons. The zero-order chi connectivity index (χ0) is 25.4. The van der Waals surface area contributed by atoms with E-state index in [0.717, 1.165) is 24.8 Å². The van der Waals surface area contributed by atoms with E-state index in [1.165, 1.54) is 22.1 Å². The third-order valence-corrected chi connectivity index (χ3v) is 8.79. The highest BCUT2D eigenvalue weighted by Gasteiger charge is 2.64. The van der Waals surface area contributed by atoms with E-state index in [1.54, 1.807) is 6.08 Å². The van der Waals surface area contributed by atoms with E-state index in [-0.39, 0.29) is 35.5 Å². The average Bonchev–Trinajstić information content (AvgIpc) is 3.38. The van der Waals surface area contributed by atoms with E-state index in [9.17, 15) is 9.59 Å². The maximum absolute atomic E-state index is 14.1. The second-order valence-corrected chi connectivity index (χ2v) is 11.2. The number of carbonyl (C=O) groups excluding carboxylic acids is 2. The maximum atomic E-state index is 14.1. The first-order valence-corrected chi connectivity index (χ1v) is 13.4. The molecule has 0 unspecified atom stereocenters. The minimum absolute atomic E-state index is 0.0504. The number of amides is 1. The van der Waals surface area contributed by atoms with Crippen LogP contribution in [0.5, 0.6) is 0 Å². The Bertz CT molecular complexity index is 1290. The third-order valence-electron chi connectivity index (χ3n) is 8.79. The van der Waals surface area contributed by atoms with Gasteiger partial charge in [-0.25, -0.2) is 0 Å². The van der Waals surface area contributed by atoms with Crippen molar-refractivity contribution in [2.75, 3.05) is 0 Å². The zero-order valence-corrected chi connectivity index (χ0v) is 21.9. The highest BCUT2D eigenvalue weighted by atomic mass is 16.2. The van der Waals surface area contributed by atoms with Crippen molar-refractivity contribution >= 4 is 22.6 Å². The smallest absolute Gasteiger partial charge is 0.235 e. The van der Waals surface area contributed by atoms with Gasteiger partial charge >= 0.3 is 0 Å². The topological polar surface area (TPSA) is 62.0 Å². The highest BCUT2D eigenvalue weighted by molar-refractivity contribution is 6.13. The number of hydrogen-bond donors (Lipinski definition) is 2. The number of nitrogens with one attached hydrogen (secondary N) is 2. The van der Waals surface area contributed by atoms with Crippen LogP contribution in [0.15, 0.2) is 78.1 Å². The maximum Gasteiger partial charge on any atom is 0.235 e. The van der Waals surface area contributed by atoms with Gasteiger partial charge in [0.2, 0.25) is 5.91 Å². The molecule has 1 saturated heterocycles. The van der Waals surface area contributed by atoms with Gasteiger partial charge in [-0.15, -0.1) is 0 Å². The molecule has 1 aliphatic heterocycles. The fourth-order valence-electron chi connectivity index (χ4n) is 6.89. The molecular weight excluding hydrogens is 444 g/mol. The van der Waals surface area contributed by atoms with Crippen LogP contribution in [-0.4, -0.2) is 22.7 Å². The number of carbonyl (C=O) groups is 2. The Balaban J connectivity index is 1.58. The lowest BCUT2D eigenvalue weighted by atomic mass is 9.55. The van der Waals surface area contributed by atoms with E-state index in [4.69, 9.17) is 0 Å². The van der Waals surface area contributed by atoms with Crippen molar-refractivity contribution in [3.63, 3.8) is 0 Å². The molecular formula is C32H38N2O2. The summed E-state index contributed by atoms with van der Waals surface area (Å²) in [6.07, 6.45) is 17.9. The van der Waals surface area contributed by atoms with E-state index in [1.807, 2.05) is 18.2 Å². The molecule has 1 spiro atoms. The van der Waals surface area contributed by atoms with E-state index in [2.05, 4.69) is 80.6 Å². The van der Waals surface area contributed by atoms with E-state index in [0.29, 0.717) is 12.3 Å². The molecule has 2 N–H and O–H groups in total. The van der Waals surface area contributed by atoms with Crippen molar-refractivity contribution in [3.8, 4) is 0 Å². The Hall–Kier alpha value is -3.14. The van der Waals surface area contributed by atoms with Gasteiger partial charge in [0.15, 0.2) is 5.78 Å². The summed E-state index contributed by atoms with van der Waals surface area (Å²) in [5.41, 5.74) is 3.78. The largest absolute Gasteiger partial charge is 0.361 e. The first kappa shape index (κ1) is 24.5. The van der Waals surface area contributed by atoms with Crippen molar-refractivity contribution < 1.29 is 9.59 Å². The van der Waals surface area contributed by atoms with Crippen LogP contribution in [-0.2, 0) is 16.0 Å². The fourth-order valence-corrected chi connectivity index (χ4v) is 6.89. The molecule has 4 nitrogen and oxygen atoms in total. The lowest BCUT2D eigenvalue weighted by molar-refractivity contribution is -0.142. The summed E-state index contributed by atoms with van der Waals surface area (Å²) in [5.74, 6) is 0.0208. The Kier molecular flexibility index (Phi) is 6.63. The molecule has 36 heavy (non-hydrogen) atoms. The number of hydrogen-bond acceptors (Lipinski definition) is 2. The summed E-state index contributed by atoms with van der Waals surface area (Å²) in [6, 6.07) is 8.17. The molecule has 1 amide bonds. The molecule has 2 aromatic rings. The van der Waals surface area contributed by atoms with Gasteiger partial charge in [-0.3, -0.25) is 9.59 Å². The summed E-state index contributed by atoms with van der Waals surface area (Å²) >= 11 is 0. The minimum Gasteiger partial charge on any atom is -0.361 e. The Morgan fingerprint density at radius 2 is 1.86 bits per heavy atom. The first-order chi connectivity index (χ1) is 17.3. The fraction of sp³-hybridized carbons (Fsp3) is 0.438. The van der Waals surface area contributed by atoms with Crippen LogP contribution in [0.1, 0.15) is 52.5 Å². The molecule has 1 aromatic heterocycles. The van der Waals surface area contributed by atoms with Gasteiger partial charge in [-0.2, -0.15) is 0 Å². The van der Waals surface area contributed by atoms with Crippen molar-refractivity contribution in [2.24, 2.45) is 29.1 Å². The number of ketones is 1. The Morgan fingerprint density at radius 3 is 2.69 bits per heavy atom. The van der Waals surface area contributed by atoms with Crippen molar-refractivity contribution in [2.45, 2.75) is 59.4 Å². The van der Waals surface area contributed by atoms with Gasteiger partial charge in [0.25, 0.3) is 0 Å². The Labute approximate surface area is 214 Å². The van der Waals surface area contributed by atoms with Crippen LogP contribution in [0, 0.1) is 29.1 Å². The molecule has 6 atom stereocenters. The standard InChI is InChI=1S/C32H38N2O2/c1-20-10-5-8-15-29(35)32-25(12-9-11-21(2)16-20)17-22(3)23(4)30(32)28(34-31(32)36)18-24-19-33-27-14-7-6-13-26(24)27/h6-9,12-17,19,21,23,25,28,30,33H,5,10-11,18H2,1-4H3,(H,34,36)/b12-9-,15-8-,20-16-/t21-,23+,25-,28-,30-,32-/m0/s1. The number of aromatic amines is 1. The highest BCUT2D eigenvalue weighted by Crippen LogP contribution is 2.54. The average molecular weight is 483 g/mol. The summed E-state index contributed by atoms with van der Waals surface area (Å²) in [7, 11) is 0. The molecule has 2 heterocycles. The number of H-pyrrole nitrogens is 1. The molecule has 2 aliphatic carbocycles. The van der Waals surface area contributed by atoms with Gasteiger partial charge in [0, 0.05) is 35.0 Å².